The lowest BCUT2D eigenvalue weighted by atomic mass is 10.0. The van der Waals surface area contributed by atoms with Gasteiger partial charge in [-0.3, -0.25) is 9.69 Å². The highest BCUT2D eigenvalue weighted by Gasteiger charge is 2.32. The molecule has 45 heavy (non-hydrogen) atoms. The molecule has 1 fully saturated rings. The zero-order chi connectivity index (χ0) is 32.1. The lowest BCUT2D eigenvalue weighted by Gasteiger charge is -2.20. The standard InChI is InChI=1S/C30H27ClF3N7O3S/c1-3-4-19-6-5-18(2)13-25(19)41-27(42)16-45-29(41)38-28(43)37-24-12-7-20(14-23(24)31)35-15-26-36-17-40(39-26)21-8-10-22(11-9-21)44-30(32,33)34/h5-14,17,35H,3-4,15-16H2,1-2H3,(H,37,43). The number of rotatable bonds is 9. The number of halogens is 4. The van der Waals surface area contributed by atoms with Gasteiger partial charge >= 0.3 is 12.4 Å². The van der Waals surface area contributed by atoms with Crippen molar-refractivity contribution in [3.05, 3.63) is 89.0 Å². The number of nitrogens with zero attached hydrogens (tertiary/aromatic N) is 5. The molecule has 0 spiro atoms. The van der Waals surface area contributed by atoms with E-state index in [1.165, 1.54) is 51.9 Å². The first-order chi connectivity index (χ1) is 21.5. The van der Waals surface area contributed by atoms with Crippen LogP contribution in [0, 0.1) is 6.92 Å². The van der Waals surface area contributed by atoms with Gasteiger partial charge in [0.25, 0.3) is 0 Å². The molecule has 2 heterocycles. The number of nitrogens with one attached hydrogen (secondary N) is 2. The van der Waals surface area contributed by atoms with Gasteiger partial charge in [-0.15, -0.1) is 18.3 Å². The number of carbonyl (C=O) groups is 2. The largest absolute Gasteiger partial charge is 0.573 e. The van der Waals surface area contributed by atoms with Gasteiger partial charge in [0.15, 0.2) is 11.0 Å². The Morgan fingerprint density at radius 3 is 2.62 bits per heavy atom. The van der Waals surface area contributed by atoms with E-state index in [-0.39, 0.29) is 29.0 Å². The van der Waals surface area contributed by atoms with Crippen LogP contribution in [0.5, 0.6) is 5.75 Å². The molecular weight excluding hydrogens is 631 g/mol. The molecule has 10 nitrogen and oxygen atoms in total. The normalized spacial score (nSPS) is 14.2. The SMILES string of the molecule is CCCc1ccc(C)cc1N1C(=O)CSC1=NC(=O)Nc1ccc(NCc2ncn(-c3ccc(OC(F)(F)F)cc3)n2)cc1Cl. The molecule has 0 unspecified atom stereocenters. The van der Waals surface area contributed by atoms with Gasteiger partial charge < -0.3 is 15.4 Å². The number of benzene rings is 3. The van der Waals surface area contributed by atoms with E-state index in [4.69, 9.17) is 11.6 Å². The summed E-state index contributed by atoms with van der Waals surface area (Å²) < 4.78 is 42.5. The summed E-state index contributed by atoms with van der Waals surface area (Å²) >= 11 is 7.64. The fourth-order valence-electron chi connectivity index (χ4n) is 4.49. The maximum absolute atomic E-state index is 12.9. The van der Waals surface area contributed by atoms with Crippen LogP contribution in [-0.2, 0) is 17.8 Å². The molecule has 0 radical (unpaired) electrons. The molecule has 1 aromatic heterocycles. The summed E-state index contributed by atoms with van der Waals surface area (Å²) in [5.41, 5.74) is 4.20. The van der Waals surface area contributed by atoms with Crippen LogP contribution in [-0.4, -0.2) is 44.0 Å². The van der Waals surface area contributed by atoms with Crippen LogP contribution in [0.25, 0.3) is 5.69 Å². The maximum Gasteiger partial charge on any atom is 0.573 e. The summed E-state index contributed by atoms with van der Waals surface area (Å²) in [5, 5.41) is 10.7. The van der Waals surface area contributed by atoms with Gasteiger partial charge in [-0.25, -0.2) is 14.5 Å². The molecule has 5 rings (SSSR count). The average molecular weight is 658 g/mol. The first kappa shape index (κ1) is 31.9. The van der Waals surface area contributed by atoms with Gasteiger partial charge in [-0.2, -0.15) is 4.99 Å². The molecule has 1 aliphatic rings. The molecule has 0 atom stereocenters. The molecule has 1 saturated heterocycles. The molecule has 0 saturated carbocycles. The fraction of sp³-hybridized carbons (Fsp3) is 0.233. The fourth-order valence-corrected chi connectivity index (χ4v) is 5.57. The summed E-state index contributed by atoms with van der Waals surface area (Å²) in [6, 6.07) is 15.4. The van der Waals surface area contributed by atoms with Crippen molar-refractivity contribution in [3.63, 3.8) is 0 Å². The van der Waals surface area contributed by atoms with E-state index >= 15 is 0 Å². The second kappa shape index (κ2) is 13.6. The van der Waals surface area contributed by atoms with Crippen LogP contribution in [0.1, 0.15) is 30.3 Å². The van der Waals surface area contributed by atoms with E-state index in [2.05, 4.69) is 37.4 Å². The quantitative estimate of drug-likeness (QED) is 0.193. The summed E-state index contributed by atoms with van der Waals surface area (Å²) in [7, 11) is 0. The minimum Gasteiger partial charge on any atom is -0.406 e. The summed E-state index contributed by atoms with van der Waals surface area (Å²) in [6.45, 7) is 4.23. The van der Waals surface area contributed by atoms with Crippen LogP contribution in [0.4, 0.5) is 35.0 Å². The Kier molecular flexibility index (Phi) is 9.63. The highest BCUT2D eigenvalue weighted by Crippen LogP contribution is 2.32. The Bertz CT molecular complexity index is 1750. The molecule has 0 aliphatic carbocycles. The van der Waals surface area contributed by atoms with Crippen molar-refractivity contribution in [1.82, 2.24) is 14.8 Å². The number of carbonyl (C=O) groups excluding carboxylic acids is 2. The van der Waals surface area contributed by atoms with Gasteiger partial charge in [-0.05, 0) is 73.0 Å². The number of aromatic nitrogens is 3. The van der Waals surface area contributed by atoms with E-state index in [0.717, 1.165) is 29.7 Å². The Morgan fingerprint density at radius 1 is 1.13 bits per heavy atom. The van der Waals surface area contributed by atoms with Crippen molar-refractivity contribution in [2.45, 2.75) is 39.6 Å². The third-order valence-electron chi connectivity index (χ3n) is 6.50. The second-order valence-corrected chi connectivity index (χ2v) is 11.3. The van der Waals surface area contributed by atoms with E-state index < -0.39 is 12.4 Å². The van der Waals surface area contributed by atoms with Gasteiger partial charge in [-0.1, -0.05) is 48.8 Å². The van der Waals surface area contributed by atoms with Crippen molar-refractivity contribution < 1.29 is 27.5 Å². The Hall–Kier alpha value is -4.56. The summed E-state index contributed by atoms with van der Waals surface area (Å²) in [6.07, 6.45) is -1.64. The predicted molar refractivity (Wildman–Crippen MR) is 168 cm³/mol. The smallest absolute Gasteiger partial charge is 0.406 e. The van der Waals surface area contributed by atoms with Crippen molar-refractivity contribution in [3.8, 4) is 11.4 Å². The van der Waals surface area contributed by atoms with Crippen LogP contribution < -0.4 is 20.3 Å². The molecule has 234 valence electrons. The van der Waals surface area contributed by atoms with Gasteiger partial charge in [0.2, 0.25) is 5.91 Å². The Morgan fingerprint density at radius 2 is 1.91 bits per heavy atom. The third kappa shape index (κ3) is 8.13. The molecule has 1 aliphatic heterocycles. The number of anilines is 3. The maximum atomic E-state index is 12.9. The number of amidine groups is 1. The minimum atomic E-state index is -4.77. The number of amides is 3. The molecular formula is C30H27ClF3N7O3S. The minimum absolute atomic E-state index is 0.143. The molecule has 0 bridgehead atoms. The van der Waals surface area contributed by atoms with Gasteiger partial charge in [0.1, 0.15) is 12.1 Å². The lowest BCUT2D eigenvalue weighted by Crippen LogP contribution is -2.31. The number of urea groups is 1. The number of ether oxygens (including phenoxy) is 1. The van der Waals surface area contributed by atoms with E-state index in [1.807, 2.05) is 25.1 Å². The van der Waals surface area contributed by atoms with Crippen molar-refractivity contribution in [2.24, 2.45) is 4.99 Å². The number of hydrogen-bond acceptors (Lipinski definition) is 7. The number of aliphatic imine (C=N–C) groups is 1. The van der Waals surface area contributed by atoms with E-state index in [9.17, 15) is 22.8 Å². The van der Waals surface area contributed by atoms with E-state index in [0.29, 0.717) is 28.1 Å². The third-order valence-corrected chi connectivity index (χ3v) is 7.74. The van der Waals surface area contributed by atoms with E-state index in [1.54, 1.807) is 18.2 Å². The predicted octanol–water partition coefficient (Wildman–Crippen LogP) is 7.36. The molecule has 3 amide bonds. The zero-order valence-electron chi connectivity index (χ0n) is 24.1. The Labute approximate surface area is 265 Å². The zero-order valence-corrected chi connectivity index (χ0v) is 25.6. The molecule has 2 N–H and O–H groups in total. The molecule has 15 heteroatoms. The lowest BCUT2D eigenvalue weighted by molar-refractivity contribution is -0.274. The van der Waals surface area contributed by atoms with Crippen molar-refractivity contribution in [2.75, 3.05) is 21.3 Å². The van der Waals surface area contributed by atoms with Crippen LogP contribution in [0.3, 0.4) is 0 Å². The monoisotopic (exact) mass is 657 g/mol. The molecule has 3 aromatic carbocycles. The number of aryl methyl sites for hydroxylation is 2. The Balaban J connectivity index is 1.21. The number of thioether (sulfide) groups is 1. The second-order valence-electron chi connectivity index (χ2n) is 9.92. The summed E-state index contributed by atoms with van der Waals surface area (Å²) in [5.74, 6) is 0.118. The number of alkyl halides is 3. The highest BCUT2D eigenvalue weighted by molar-refractivity contribution is 8.15. The van der Waals surface area contributed by atoms with Gasteiger partial charge in [0, 0.05) is 5.69 Å². The number of hydrogen-bond donors (Lipinski definition) is 2. The van der Waals surface area contributed by atoms with Gasteiger partial charge in [0.05, 0.1) is 34.4 Å². The first-order valence-corrected chi connectivity index (χ1v) is 15.1. The van der Waals surface area contributed by atoms with Crippen LogP contribution in [0.15, 0.2) is 72.0 Å². The van der Waals surface area contributed by atoms with Crippen LogP contribution >= 0.6 is 23.4 Å². The first-order valence-electron chi connectivity index (χ1n) is 13.7. The summed E-state index contributed by atoms with van der Waals surface area (Å²) in [4.78, 5) is 35.6. The van der Waals surface area contributed by atoms with Crippen LogP contribution in [0.2, 0.25) is 5.02 Å². The molecule has 4 aromatic rings. The highest BCUT2D eigenvalue weighted by atomic mass is 35.5. The van der Waals surface area contributed by atoms with Crippen molar-refractivity contribution >= 4 is 57.5 Å². The topological polar surface area (TPSA) is 114 Å². The van der Waals surface area contributed by atoms with Crippen molar-refractivity contribution in [1.29, 1.82) is 0 Å². The average Bonchev–Trinajstić information content (AvgIpc) is 3.60.